The van der Waals surface area contributed by atoms with Crippen molar-refractivity contribution in [2.24, 2.45) is 0 Å². The van der Waals surface area contributed by atoms with E-state index < -0.39 is 28.1 Å². The Balaban J connectivity index is 0. The Bertz CT molecular complexity index is 287. The van der Waals surface area contributed by atoms with E-state index in [9.17, 15) is 23.2 Å². The average Bonchev–Trinajstić information content (AvgIpc) is 2.24. The minimum Gasteiger partial charge on any atom is -0.748 e. The fourth-order valence-electron chi connectivity index (χ4n) is 1.35. The van der Waals surface area contributed by atoms with Gasteiger partial charge in [0.2, 0.25) is 0 Å². The van der Waals surface area contributed by atoms with E-state index >= 15 is 0 Å². The predicted molar refractivity (Wildman–Crippen MR) is 63.6 cm³/mol. The van der Waals surface area contributed by atoms with E-state index in [0.717, 1.165) is 0 Å². The molecule has 104 valence electrons. The molecule has 0 aromatic heterocycles. The molecule has 0 heterocycles. The third-order valence-electron chi connectivity index (χ3n) is 2.54. The zero-order valence-electron chi connectivity index (χ0n) is 11.4. The molecular formula is C10H22LiNO5S. The summed E-state index contributed by atoms with van der Waals surface area (Å²) in [5, 5.41) is 19.0. The molecule has 0 saturated heterocycles. The maximum atomic E-state index is 10.5. The van der Waals surface area contributed by atoms with Gasteiger partial charge in [0.05, 0.1) is 28.1 Å². The second kappa shape index (κ2) is 10.2. The molecule has 2 unspecified atom stereocenters. The molecule has 2 N–H and O–H groups in total. The van der Waals surface area contributed by atoms with Gasteiger partial charge in [0.25, 0.3) is 0 Å². The van der Waals surface area contributed by atoms with E-state index in [1.54, 1.807) is 4.90 Å². The fraction of sp³-hybridized carbons (Fsp3) is 1.00. The molecule has 0 saturated carbocycles. The van der Waals surface area contributed by atoms with E-state index in [4.69, 9.17) is 0 Å². The number of hydrogen-bond donors (Lipinski definition) is 2. The third-order valence-corrected chi connectivity index (χ3v) is 3.22. The van der Waals surface area contributed by atoms with Crippen molar-refractivity contribution >= 4 is 10.1 Å². The first-order valence-corrected chi connectivity index (χ1v) is 7.38. The van der Waals surface area contributed by atoms with Crippen molar-refractivity contribution in [1.29, 1.82) is 0 Å². The van der Waals surface area contributed by atoms with Crippen LogP contribution in [0.25, 0.3) is 0 Å². The SMILES string of the molecule is CCC(O)CN(CCS(=O)(=O)[O-])CC(O)CC.[Li+]. The topological polar surface area (TPSA) is 101 Å². The van der Waals surface area contributed by atoms with Crippen molar-refractivity contribution in [1.82, 2.24) is 4.90 Å². The van der Waals surface area contributed by atoms with Crippen LogP contribution in [-0.2, 0) is 10.1 Å². The van der Waals surface area contributed by atoms with Crippen molar-refractivity contribution in [3.8, 4) is 0 Å². The molecule has 6 nitrogen and oxygen atoms in total. The quantitative estimate of drug-likeness (QED) is 0.333. The van der Waals surface area contributed by atoms with Gasteiger partial charge in [-0.1, -0.05) is 13.8 Å². The molecule has 0 spiro atoms. The minimum atomic E-state index is -4.26. The number of rotatable bonds is 9. The molecule has 8 heteroatoms. The molecule has 0 aromatic carbocycles. The van der Waals surface area contributed by atoms with E-state index in [0.29, 0.717) is 12.8 Å². The van der Waals surface area contributed by atoms with Crippen LogP contribution in [0, 0.1) is 0 Å². The second-order valence-corrected chi connectivity index (χ2v) is 5.67. The van der Waals surface area contributed by atoms with Gasteiger partial charge in [-0.3, -0.25) is 4.90 Å². The first-order chi connectivity index (χ1) is 7.78. The number of hydrogen-bond acceptors (Lipinski definition) is 6. The Labute approximate surface area is 121 Å². The summed E-state index contributed by atoms with van der Waals surface area (Å²) >= 11 is 0. The van der Waals surface area contributed by atoms with E-state index in [1.165, 1.54) is 0 Å². The van der Waals surface area contributed by atoms with Crippen LogP contribution < -0.4 is 18.9 Å². The van der Waals surface area contributed by atoms with Crippen LogP contribution in [0.4, 0.5) is 0 Å². The van der Waals surface area contributed by atoms with Gasteiger partial charge >= 0.3 is 18.9 Å². The molecule has 0 fully saturated rings. The average molecular weight is 275 g/mol. The molecule has 0 rings (SSSR count). The van der Waals surface area contributed by atoms with Gasteiger partial charge in [0, 0.05) is 19.6 Å². The predicted octanol–water partition coefficient (Wildman–Crippen LogP) is -3.62. The van der Waals surface area contributed by atoms with Crippen LogP contribution in [0.2, 0.25) is 0 Å². The second-order valence-electron chi connectivity index (χ2n) is 4.15. The standard InChI is InChI=1S/C10H23NO5S.Li/c1-3-9(12)7-11(8-10(13)4-2)5-6-17(14,15)16;/h9-10,12-13H,3-8H2,1-2H3,(H,14,15,16);/q;+1/p-1. The van der Waals surface area contributed by atoms with Crippen molar-refractivity contribution in [3.63, 3.8) is 0 Å². The maximum absolute atomic E-state index is 10.5. The Morgan fingerprint density at radius 1 is 1.11 bits per heavy atom. The summed E-state index contributed by atoms with van der Waals surface area (Å²) in [4.78, 5) is 1.61. The number of aliphatic hydroxyl groups excluding tert-OH is 2. The Hall–Kier alpha value is 0.387. The molecule has 18 heavy (non-hydrogen) atoms. The molecule has 0 aliphatic heterocycles. The summed E-state index contributed by atoms with van der Waals surface area (Å²) in [6, 6.07) is 0. The van der Waals surface area contributed by atoms with Crippen LogP contribution in [0.1, 0.15) is 26.7 Å². The van der Waals surface area contributed by atoms with E-state index in [1.807, 2.05) is 13.8 Å². The summed E-state index contributed by atoms with van der Waals surface area (Å²) in [5.74, 6) is -0.500. The van der Waals surface area contributed by atoms with Crippen molar-refractivity contribution in [3.05, 3.63) is 0 Å². The Morgan fingerprint density at radius 3 is 1.78 bits per heavy atom. The van der Waals surface area contributed by atoms with E-state index in [-0.39, 0.29) is 38.5 Å². The first-order valence-electron chi connectivity index (χ1n) is 5.80. The molecule has 0 aliphatic carbocycles. The third kappa shape index (κ3) is 11.5. The first kappa shape index (κ1) is 20.7. The van der Waals surface area contributed by atoms with Crippen LogP contribution in [0.5, 0.6) is 0 Å². The van der Waals surface area contributed by atoms with Crippen molar-refractivity contribution in [2.75, 3.05) is 25.4 Å². The molecular weight excluding hydrogens is 253 g/mol. The van der Waals surface area contributed by atoms with Gasteiger partial charge in [-0.25, -0.2) is 8.42 Å². The van der Waals surface area contributed by atoms with Gasteiger partial charge in [0.1, 0.15) is 0 Å². The Kier molecular flexibility index (Phi) is 11.7. The molecule has 0 bridgehead atoms. The van der Waals surface area contributed by atoms with Gasteiger partial charge in [0.15, 0.2) is 0 Å². The maximum Gasteiger partial charge on any atom is 1.00 e. The van der Waals surface area contributed by atoms with Crippen LogP contribution in [0.3, 0.4) is 0 Å². The largest absolute Gasteiger partial charge is 1.00 e. The normalized spacial score (nSPS) is 15.2. The van der Waals surface area contributed by atoms with Gasteiger partial charge in [-0.05, 0) is 12.8 Å². The minimum absolute atomic E-state index is 0. The fourth-order valence-corrected chi connectivity index (χ4v) is 1.83. The van der Waals surface area contributed by atoms with Crippen molar-refractivity contribution in [2.45, 2.75) is 38.9 Å². The van der Waals surface area contributed by atoms with Gasteiger partial charge in [-0.2, -0.15) is 0 Å². The monoisotopic (exact) mass is 275 g/mol. The molecule has 0 aromatic rings. The summed E-state index contributed by atoms with van der Waals surface area (Å²) in [6.07, 6.45) is -0.0621. The van der Waals surface area contributed by atoms with Crippen molar-refractivity contribution < 1.29 is 42.0 Å². The smallest absolute Gasteiger partial charge is 0.748 e. The zero-order chi connectivity index (χ0) is 13.5. The van der Waals surface area contributed by atoms with E-state index in [2.05, 4.69) is 0 Å². The van der Waals surface area contributed by atoms with Crippen LogP contribution >= 0.6 is 0 Å². The molecule has 0 aliphatic rings. The van der Waals surface area contributed by atoms with Gasteiger partial charge < -0.3 is 14.8 Å². The summed E-state index contributed by atoms with van der Waals surface area (Å²) < 4.78 is 31.6. The molecule has 0 amide bonds. The molecule has 2 atom stereocenters. The zero-order valence-corrected chi connectivity index (χ0v) is 12.2. The molecule has 0 radical (unpaired) electrons. The summed E-state index contributed by atoms with van der Waals surface area (Å²) in [6.45, 7) is 4.19. The Morgan fingerprint density at radius 2 is 1.50 bits per heavy atom. The van der Waals surface area contributed by atoms with Crippen LogP contribution in [0.15, 0.2) is 0 Å². The van der Waals surface area contributed by atoms with Crippen LogP contribution in [-0.4, -0.2) is 65.7 Å². The number of nitrogens with zero attached hydrogens (tertiary/aromatic N) is 1. The summed E-state index contributed by atoms with van der Waals surface area (Å²) in [7, 11) is -4.26. The summed E-state index contributed by atoms with van der Waals surface area (Å²) in [5.41, 5.74) is 0. The van der Waals surface area contributed by atoms with Gasteiger partial charge in [-0.15, -0.1) is 0 Å². The number of aliphatic hydroxyl groups is 2.